The smallest absolute Gasteiger partial charge is 0.338 e. The Balaban J connectivity index is 1.51. The van der Waals surface area contributed by atoms with E-state index in [1.807, 2.05) is 38.1 Å². The van der Waals surface area contributed by atoms with Gasteiger partial charge in [-0.3, -0.25) is 4.57 Å². The van der Waals surface area contributed by atoms with Crippen LogP contribution in [0.25, 0.3) is 11.2 Å². The Morgan fingerprint density at radius 2 is 1.90 bits per heavy atom. The first-order valence-electron chi connectivity index (χ1n) is 10.1. The lowest BCUT2D eigenvalue weighted by molar-refractivity contribution is 0.128. The third-order valence-electron chi connectivity index (χ3n) is 5.28. The molecule has 0 radical (unpaired) electrons. The summed E-state index contributed by atoms with van der Waals surface area (Å²) in [6, 6.07) is 7.57. The molecule has 9 heteroatoms. The number of fused-ring (bicyclic) bond motifs is 1. The Morgan fingerprint density at radius 1 is 1.17 bits per heavy atom. The molecule has 1 amide bonds. The number of nitrogens with zero attached hydrogens (tertiary/aromatic N) is 5. The Labute approximate surface area is 173 Å². The van der Waals surface area contributed by atoms with Crippen LogP contribution in [0.15, 0.2) is 35.3 Å². The minimum Gasteiger partial charge on any atom is -0.494 e. The Morgan fingerprint density at radius 3 is 2.57 bits per heavy atom. The maximum atomic E-state index is 13.0. The molecule has 3 heterocycles. The van der Waals surface area contributed by atoms with Crippen molar-refractivity contribution in [1.29, 1.82) is 0 Å². The van der Waals surface area contributed by atoms with Gasteiger partial charge in [-0.2, -0.15) is 0 Å². The molecule has 1 aliphatic heterocycles. The fourth-order valence-corrected chi connectivity index (χ4v) is 3.59. The van der Waals surface area contributed by atoms with Crippen LogP contribution in [0.5, 0.6) is 5.75 Å². The number of hydrogen-bond donors (Lipinski definition) is 0. The Bertz CT molecular complexity index is 1110. The van der Waals surface area contributed by atoms with Crippen molar-refractivity contribution in [2.45, 2.75) is 26.4 Å². The minimum absolute atomic E-state index is 0.240. The summed E-state index contributed by atoms with van der Waals surface area (Å²) in [5, 5.41) is 0. The van der Waals surface area contributed by atoms with Crippen LogP contribution in [0.3, 0.4) is 0 Å². The molecule has 1 saturated heterocycles. The van der Waals surface area contributed by atoms with E-state index in [2.05, 4.69) is 9.97 Å². The van der Waals surface area contributed by atoms with E-state index in [0.717, 1.165) is 15.9 Å². The second kappa shape index (κ2) is 8.27. The predicted molar refractivity (Wildman–Crippen MR) is 111 cm³/mol. The molecule has 9 nitrogen and oxygen atoms in total. The van der Waals surface area contributed by atoms with Crippen LogP contribution in [0.1, 0.15) is 31.2 Å². The van der Waals surface area contributed by atoms with Crippen molar-refractivity contribution in [3.63, 3.8) is 0 Å². The molecule has 2 aromatic heterocycles. The highest BCUT2D eigenvalue weighted by molar-refractivity contribution is 5.88. The van der Waals surface area contributed by atoms with E-state index in [4.69, 9.17) is 9.47 Å². The van der Waals surface area contributed by atoms with Crippen LogP contribution in [0.4, 0.5) is 4.79 Å². The molecule has 30 heavy (non-hydrogen) atoms. The van der Waals surface area contributed by atoms with Crippen LogP contribution in [-0.2, 0) is 18.4 Å². The van der Waals surface area contributed by atoms with Gasteiger partial charge < -0.3 is 14.4 Å². The highest BCUT2D eigenvalue weighted by Crippen LogP contribution is 2.29. The maximum Gasteiger partial charge on any atom is 0.338 e. The highest BCUT2D eigenvalue weighted by atomic mass is 16.5. The summed E-state index contributed by atoms with van der Waals surface area (Å²) in [7, 11) is 1.60. The van der Waals surface area contributed by atoms with Gasteiger partial charge in [0.05, 0.1) is 12.8 Å². The van der Waals surface area contributed by atoms with E-state index in [1.54, 1.807) is 11.9 Å². The standard InChI is InChI=1S/C21H25N5O4/c1-4-29-13-18-22-10-17-19(23-18)24(3)20(27)26(17)21(28)25-11-15(12-25)14-6-8-16(9-7-14)30-5-2/h6-10,15H,4-5,11-13H2,1-3H3. The molecule has 0 bridgehead atoms. The average molecular weight is 411 g/mol. The number of carbonyl (C=O) groups is 1. The van der Waals surface area contributed by atoms with E-state index in [0.29, 0.717) is 43.3 Å². The monoisotopic (exact) mass is 411 g/mol. The summed E-state index contributed by atoms with van der Waals surface area (Å²) in [4.78, 5) is 36.0. The quantitative estimate of drug-likeness (QED) is 0.617. The molecule has 1 aromatic carbocycles. The number of rotatable bonds is 6. The van der Waals surface area contributed by atoms with Crippen LogP contribution < -0.4 is 10.4 Å². The van der Waals surface area contributed by atoms with Crippen LogP contribution in [0, 0.1) is 0 Å². The zero-order chi connectivity index (χ0) is 21.3. The maximum absolute atomic E-state index is 13.0. The second-order valence-corrected chi connectivity index (χ2v) is 7.20. The van der Waals surface area contributed by atoms with Crippen molar-refractivity contribution in [3.05, 3.63) is 52.3 Å². The van der Waals surface area contributed by atoms with E-state index >= 15 is 0 Å². The van der Waals surface area contributed by atoms with E-state index in [1.165, 1.54) is 10.8 Å². The molecule has 0 N–H and O–H groups in total. The highest BCUT2D eigenvalue weighted by Gasteiger charge is 2.34. The summed E-state index contributed by atoms with van der Waals surface area (Å²) in [6.45, 7) is 6.37. The van der Waals surface area contributed by atoms with Gasteiger partial charge in [0.2, 0.25) is 0 Å². The van der Waals surface area contributed by atoms with Gasteiger partial charge in [0.15, 0.2) is 11.5 Å². The van der Waals surface area contributed by atoms with Gasteiger partial charge in [-0.1, -0.05) is 12.1 Å². The zero-order valence-corrected chi connectivity index (χ0v) is 17.4. The molecular weight excluding hydrogens is 386 g/mol. The molecule has 0 atom stereocenters. The molecule has 0 aliphatic carbocycles. The lowest BCUT2D eigenvalue weighted by Gasteiger charge is -2.39. The first-order valence-corrected chi connectivity index (χ1v) is 10.1. The molecule has 4 rings (SSSR count). The molecule has 1 aliphatic rings. The third kappa shape index (κ3) is 3.56. The van der Waals surface area contributed by atoms with Crippen molar-refractivity contribution >= 4 is 17.2 Å². The van der Waals surface area contributed by atoms with Gasteiger partial charge >= 0.3 is 11.7 Å². The van der Waals surface area contributed by atoms with Gasteiger partial charge in [-0.05, 0) is 31.5 Å². The summed E-state index contributed by atoms with van der Waals surface area (Å²) in [5.74, 6) is 1.55. The summed E-state index contributed by atoms with van der Waals surface area (Å²) in [6.07, 6.45) is 1.51. The number of likely N-dealkylation sites (tertiary alicyclic amines) is 1. The lowest BCUT2D eigenvalue weighted by atomic mass is 9.92. The van der Waals surface area contributed by atoms with Gasteiger partial charge in [0.25, 0.3) is 0 Å². The number of carbonyl (C=O) groups excluding carboxylic acids is 1. The van der Waals surface area contributed by atoms with Crippen LogP contribution >= 0.6 is 0 Å². The van der Waals surface area contributed by atoms with Gasteiger partial charge in [0, 0.05) is 32.7 Å². The molecule has 0 unspecified atom stereocenters. The van der Waals surface area contributed by atoms with Gasteiger partial charge in [0.1, 0.15) is 17.9 Å². The molecule has 3 aromatic rings. The predicted octanol–water partition coefficient (Wildman–Crippen LogP) is 2.13. The zero-order valence-electron chi connectivity index (χ0n) is 17.4. The number of amides is 1. The molecule has 1 fully saturated rings. The number of aryl methyl sites for hydroxylation is 1. The SMILES string of the molecule is CCOCc1ncc2c(n1)n(C)c(=O)n2C(=O)N1CC(c2ccc(OCC)cc2)C1. The van der Waals surface area contributed by atoms with E-state index in [-0.39, 0.29) is 18.6 Å². The first kappa shape index (κ1) is 20.1. The Kier molecular flexibility index (Phi) is 5.54. The number of ether oxygens (including phenoxy) is 2. The number of imidazole rings is 1. The average Bonchev–Trinajstić information content (AvgIpc) is 2.97. The summed E-state index contributed by atoms with van der Waals surface area (Å²) < 4.78 is 13.3. The molecule has 0 spiro atoms. The summed E-state index contributed by atoms with van der Waals surface area (Å²) in [5.41, 5.74) is 1.54. The van der Waals surface area contributed by atoms with Crippen LogP contribution in [0.2, 0.25) is 0 Å². The normalized spacial score (nSPS) is 14.2. The van der Waals surface area contributed by atoms with Crippen molar-refractivity contribution < 1.29 is 14.3 Å². The second-order valence-electron chi connectivity index (χ2n) is 7.20. The summed E-state index contributed by atoms with van der Waals surface area (Å²) >= 11 is 0. The fraction of sp³-hybridized carbons (Fsp3) is 0.429. The van der Waals surface area contributed by atoms with Crippen molar-refractivity contribution in [3.8, 4) is 5.75 Å². The van der Waals surface area contributed by atoms with E-state index in [9.17, 15) is 9.59 Å². The number of hydrogen-bond acceptors (Lipinski definition) is 6. The number of aromatic nitrogens is 4. The first-order chi connectivity index (χ1) is 14.5. The van der Waals surface area contributed by atoms with Crippen LogP contribution in [-0.4, -0.2) is 56.3 Å². The van der Waals surface area contributed by atoms with E-state index < -0.39 is 5.69 Å². The molecule has 158 valence electrons. The number of benzene rings is 1. The molecule has 0 saturated carbocycles. The van der Waals surface area contributed by atoms with Gasteiger partial charge in [-0.25, -0.2) is 24.1 Å². The fourth-order valence-electron chi connectivity index (χ4n) is 3.59. The largest absolute Gasteiger partial charge is 0.494 e. The minimum atomic E-state index is -0.428. The van der Waals surface area contributed by atoms with Crippen molar-refractivity contribution in [1.82, 2.24) is 24.0 Å². The van der Waals surface area contributed by atoms with Crippen molar-refractivity contribution in [2.75, 3.05) is 26.3 Å². The van der Waals surface area contributed by atoms with Crippen molar-refractivity contribution in [2.24, 2.45) is 7.05 Å². The lowest BCUT2D eigenvalue weighted by Crippen LogP contribution is -2.51. The molecular formula is C21H25N5O4. The Hall–Kier alpha value is -3.20. The topological polar surface area (TPSA) is 91.5 Å². The van der Waals surface area contributed by atoms with Gasteiger partial charge in [-0.15, -0.1) is 0 Å². The third-order valence-corrected chi connectivity index (χ3v) is 5.28.